The Balaban J connectivity index is 0. The van der Waals surface area contributed by atoms with Gasteiger partial charge in [0, 0.05) is 13.1 Å². The number of carboxylic acids is 1. The molecule has 0 saturated carbocycles. The zero-order valence-corrected chi connectivity index (χ0v) is 13.7. The number of aliphatic hydroxyl groups is 4. The van der Waals surface area contributed by atoms with Crippen LogP contribution < -0.4 is 34.7 Å². The van der Waals surface area contributed by atoms with Crippen LogP contribution in [0.4, 0.5) is 0 Å². The molecule has 0 aromatic carbocycles. The quantitative estimate of drug-likeness (QED) is 0.311. The van der Waals surface area contributed by atoms with E-state index in [-0.39, 0.29) is 48.6 Å². The maximum absolute atomic E-state index is 11.1. The molecule has 0 aromatic heterocycles. The number of rotatable bonds is 9. The summed E-state index contributed by atoms with van der Waals surface area (Å²) in [6.45, 7) is 2.08. The first-order chi connectivity index (χ1) is 8.33. The molecule has 4 N–H and O–H groups in total. The van der Waals surface area contributed by atoms with Gasteiger partial charge in [-0.15, -0.1) is 0 Å². The summed E-state index contributed by atoms with van der Waals surface area (Å²) >= 11 is 0. The van der Waals surface area contributed by atoms with Crippen LogP contribution in [-0.4, -0.2) is 75.8 Å². The number of nitrogens with zero attached hydrogens (tertiary/aromatic N) is 1. The number of carbonyl (C=O) groups excluding carboxylic acids is 1. The van der Waals surface area contributed by atoms with E-state index in [1.807, 2.05) is 0 Å². The molecule has 0 aliphatic rings. The third-order valence-corrected chi connectivity index (χ3v) is 2.58. The molecule has 19 heavy (non-hydrogen) atoms. The van der Waals surface area contributed by atoms with E-state index in [9.17, 15) is 20.1 Å². The molecule has 0 aromatic rings. The molecule has 0 bridgehead atoms. The Morgan fingerprint density at radius 2 is 1.47 bits per heavy atom. The molecule has 108 valence electrons. The van der Waals surface area contributed by atoms with Crippen LogP contribution in [0, 0.1) is 5.92 Å². The number of aliphatic carboxylic acids is 1. The topological polar surface area (TPSA) is 124 Å². The van der Waals surface area contributed by atoms with Crippen LogP contribution in [0.25, 0.3) is 0 Å². The SMILES string of the molecule is CC(C)C(C(=O)[O-])N(CC(O)CO)CC(O)CO.[Na+]. The van der Waals surface area contributed by atoms with Gasteiger partial charge in [-0.3, -0.25) is 4.90 Å². The van der Waals surface area contributed by atoms with E-state index in [0.29, 0.717) is 0 Å². The van der Waals surface area contributed by atoms with Gasteiger partial charge in [-0.1, -0.05) is 13.8 Å². The van der Waals surface area contributed by atoms with Crippen LogP contribution in [0.15, 0.2) is 0 Å². The van der Waals surface area contributed by atoms with Crippen LogP contribution in [0.3, 0.4) is 0 Å². The normalized spacial score (nSPS) is 16.0. The van der Waals surface area contributed by atoms with Gasteiger partial charge in [0.05, 0.1) is 37.4 Å². The summed E-state index contributed by atoms with van der Waals surface area (Å²) in [7, 11) is 0. The van der Waals surface area contributed by atoms with Crippen molar-refractivity contribution in [3.8, 4) is 0 Å². The fraction of sp³-hybridized carbons (Fsp3) is 0.909. The standard InChI is InChI=1S/C11H23NO6.Na/c1-7(2)10(11(17)18)12(3-8(15)5-13)4-9(16)6-14;/h7-10,13-16H,3-6H2,1-2H3,(H,17,18);/q;+1/p-1. The molecule has 0 rings (SSSR count). The molecule has 3 atom stereocenters. The van der Waals surface area contributed by atoms with Crippen LogP contribution in [0.2, 0.25) is 0 Å². The van der Waals surface area contributed by atoms with Gasteiger partial charge >= 0.3 is 29.6 Å². The summed E-state index contributed by atoms with van der Waals surface area (Å²) < 4.78 is 0. The Bertz CT molecular complexity index is 241. The van der Waals surface area contributed by atoms with Crippen molar-refractivity contribution in [3.05, 3.63) is 0 Å². The number of aliphatic hydroxyl groups excluding tert-OH is 4. The average molecular weight is 287 g/mol. The molecule has 0 amide bonds. The van der Waals surface area contributed by atoms with Gasteiger partial charge < -0.3 is 30.3 Å². The van der Waals surface area contributed by atoms with Crippen molar-refractivity contribution in [2.75, 3.05) is 26.3 Å². The molecule has 0 radical (unpaired) electrons. The summed E-state index contributed by atoms with van der Waals surface area (Å²) in [5.41, 5.74) is 0. The number of carboxylic acid groups (broad SMARTS) is 1. The smallest absolute Gasteiger partial charge is 0.548 e. The zero-order valence-electron chi connectivity index (χ0n) is 11.7. The minimum atomic E-state index is -1.32. The van der Waals surface area contributed by atoms with E-state index in [4.69, 9.17) is 10.2 Å². The Morgan fingerprint density at radius 3 is 1.68 bits per heavy atom. The second kappa shape index (κ2) is 11.0. The average Bonchev–Trinajstić information content (AvgIpc) is 2.27. The van der Waals surface area contributed by atoms with E-state index >= 15 is 0 Å². The summed E-state index contributed by atoms with van der Waals surface area (Å²) in [4.78, 5) is 12.4. The first kappa shape index (κ1) is 21.6. The summed E-state index contributed by atoms with van der Waals surface area (Å²) in [5.74, 6) is -1.62. The molecular weight excluding hydrogens is 265 g/mol. The Hall–Kier alpha value is 0.270. The first-order valence-electron chi connectivity index (χ1n) is 5.86. The zero-order chi connectivity index (χ0) is 14.3. The van der Waals surface area contributed by atoms with E-state index in [2.05, 4.69) is 0 Å². The van der Waals surface area contributed by atoms with E-state index in [1.165, 1.54) is 4.90 Å². The van der Waals surface area contributed by atoms with Crippen molar-refractivity contribution >= 4 is 5.97 Å². The van der Waals surface area contributed by atoms with Crippen LogP contribution in [0.1, 0.15) is 13.8 Å². The van der Waals surface area contributed by atoms with Crippen molar-refractivity contribution in [1.82, 2.24) is 4.90 Å². The fourth-order valence-electron chi connectivity index (χ4n) is 1.80. The molecule has 0 fully saturated rings. The van der Waals surface area contributed by atoms with Gasteiger partial charge in [-0.2, -0.15) is 0 Å². The molecule has 0 aliphatic heterocycles. The maximum atomic E-state index is 11.1. The van der Waals surface area contributed by atoms with Crippen molar-refractivity contribution < 1.29 is 59.9 Å². The Kier molecular flexibility index (Phi) is 12.5. The van der Waals surface area contributed by atoms with Crippen LogP contribution in [-0.2, 0) is 4.79 Å². The van der Waals surface area contributed by atoms with Crippen molar-refractivity contribution in [2.24, 2.45) is 5.92 Å². The van der Waals surface area contributed by atoms with Crippen molar-refractivity contribution in [1.29, 1.82) is 0 Å². The fourth-order valence-corrected chi connectivity index (χ4v) is 1.80. The Morgan fingerprint density at radius 1 is 1.11 bits per heavy atom. The molecular formula is C11H22NNaO6. The second-order valence-corrected chi connectivity index (χ2v) is 4.63. The predicted molar refractivity (Wildman–Crippen MR) is 61.4 cm³/mol. The van der Waals surface area contributed by atoms with Gasteiger partial charge in [0.15, 0.2) is 0 Å². The molecule has 7 nitrogen and oxygen atoms in total. The minimum Gasteiger partial charge on any atom is -0.548 e. The summed E-state index contributed by atoms with van der Waals surface area (Å²) in [6, 6.07) is -1.01. The van der Waals surface area contributed by atoms with E-state index in [0.717, 1.165) is 0 Å². The maximum Gasteiger partial charge on any atom is 1.00 e. The Labute approximate surface area is 135 Å². The largest absolute Gasteiger partial charge is 1.00 e. The minimum absolute atomic E-state index is 0. The van der Waals surface area contributed by atoms with E-state index < -0.39 is 37.4 Å². The van der Waals surface area contributed by atoms with Gasteiger partial charge in [-0.05, 0) is 5.92 Å². The third-order valence-electron chi connectivity index (χ3n) is 2.58. The number of hydrogen-bond acceptors (Lipinski definition) is 7. The molecule has 0 spiro atoms. The van der Waals surface area contributed by atoms with Crippen LogP contribution in [0.5, 0.6) is 0 Å². The number of carbonyl (C=O) groups is 1. The first-order valence-corrected chi connectivity index (χ1v) is 5.86. The number of hydrogen-bond donors (Lipinski definition) is 4. The molecule has 0 heterocycles. The van der Waals surface area contributed by atoms with Crippen molar-refractivity contribution in [3.63, 3.8) is 0 Å². The van der Waals surface area contributed by atoms with Gasteiger partial charge in [0.2, 0.25) is 0 Å². The molecule has 0 saturated heterocycles. The van der Waals surface area contributed by atoms with Crippen molar-refractivity contribution in [2.45, 2.75) is 32.1 Å². The third kappa shape index (κ3) is 8.21. The monoisotopic (exact) mass is 287 g/mol. The second-order valence-electron chi connectivity index (χ2n) is 4.63. The summed E-state index contributed by atoms with van der Waals surface area (Å²) in [6.07, 6.45) is -2.23. The van der Waals surface area contributed by atoms with E-state index in [1.54, 1.807) is 13.8 Å². The molecule has 8 heteroatoms. The van der Waals surface area contributed by atoms with Gasteiger partial charge in [0.1, 0.15) is 0 Å². The molecule has 3 unspecified atom stereocenters. The predicted octanol–water partition coefficient (Wildman–Crippen LogP) is -6.23. The van der Waals surface area contributed by atoms with Gasteiger partial charge in [0.25, 0.3) is 0 Å². The van der Waals surface area contributed by atoms with Gasteiger partial charge in [-0.25, -0.2) is 0 Å². The molecule has 0 aliphatic carbocycles. The van der Waals surface area contributed by atoms with Crippen LogP contribution >= 0.6 is 0 Å². The summed E-state index contributed by atoms with van der Waals surface area (Å²) in [5, 5.41) is 47.4.